The Hall–Kier alpha value is -2.64. The van der Waals surface area contributed by atoms with Gasteiger partial charge in [-0.2, -0.15) is 0 Å². The molecule has 2 aliphatic heterocycles. The molecule has 1 aromatic carbocycles. The number of nitrogens with zero attached hydrogens (tertiary/aromatic N) is 1. The zero-order valence-electron chi connectivity index (χ0n) is 17.1. The van der Waals surface area contributed by atoms with E-state index in [1.165, 1.54) is 6.42 Å². The van der Waals surface area contributed by atoms with E-state index in [4.69, 9.17) is 9.15 Å². The quantitative estimate of drug-likeness (QED) is 0.730. The highest BCUT2D eigenvalue weighted by Crippen LogP contribution is 2.25. The van der Waals surface area contributed by atoms with Crippen LogP contribution in [0, 0.1) is 0 Å². The molecule has 2 unspecified atom stereocenters. The third-order valence-corrected chi connectivity index (χ3v) is 5.77. The lowest BCUT2D eigenvalue weighted by atomic mass is 10.1. The van der Waals surface area contributed by atoms with E-state index in [2.05, 4.69) is 15.5 Å². The van der Waals surface area contributed by atoms with Crippen LogP contribution in [0.1, 0.15) is 54.3 Å². The molecule has 2 aromatic rings. The van der Waals surface area contributed by atoms with Gasteiger partial charge in [0.05, 0.1) is 12.3 Å². The predicted octanol–water partition coefficient (Wildman–Crippen LogP) is 3.35. The predicted molar refractivity (Wildman–Crippen MR) is 113 cm³/mol. The average Bonchev–Trinajstić information content (AvgIpc) is 3.49. The van der Waals surface area contributed by atoms with Crippen LogP contribution >= 0.6 is 0 Å². The molecule has 2 saturated heterocycles. The van der Waals surface area contributed by atoms with E-state index < -0.39 is 6.10 Å². The van der Waals surface area contributed by atoms with Crippen LogP contribution in [0.5, 0.6) is 0 Å². The van der Waals surface area contributed by atoms with Gasteiger partial charge in [-0.3, -0.25) is 14.5 Å². The largest absolute Gasteiger partial charge is 0.468 e. The smallest absolute Gasteiger partial charge is 0.253 e. The highest BCUT2D eigenvalue weighted by Gasteiger charge is 2.26. The van der Waals surface area contributed by atoms with Gasteiger partial charge in [-0.25, -0.2) is 0 Å². The summed E-state index contributed by atoms with van der Waals surface area (Å²) in [6.07, 6.45) is 6.48. The minimum atomic E-state index is -0.402. The number of furan rings is 1. The third kappa shape index (κ3) is 5.09. The van der Waals surface area contributed by atoms with Crippen LogP contribution in [0.2, 0.25) is 0 Å². The van der Waals surface area contributed by atoms with Crippen molar-refractivity contribution in [3.05, 3.63) is 54.0 Å². The van der Waals surface area contributed by atoms with Gasteiger partial charge in [0, 0.05) is 24.4 Å². The zero-order chi connectivity index (χ0) is 20.8. The third-order valence-electron chi connectivity index (χ3n) is 5.77. The van der Waals surface area contributed by atoms with E-state index in [1.807, 2.05) is 12.1 Å². The van der Waals surface area contributed by atoms with Crippen molar-refractivity contribution < 1.29 is 18.7 Å². The molecule has 2 N–H and O–H groups in total. The minimum absolute atomic E-state index is 0.0200. The van der Waals surface area contributed by atoms with Crippen LogP contribution in [0.15, 0.2) is 47.1 Å². The van der Waals surface area contributed by atoms with Crippen LogP contribution in [0.25, 0.3) is 0 Å². The van der Waals surface area contributed by atoms with Gasteiger partial charge in [-0.15, -0.1) is 0 Å². The number of hydrogen-bond donors (Lipinski definition) is 2. The lowest BCUT2D eigenvalue weighted by molar-refractivity contribution is -0.124. The second-order valence-electron chi connectivity index (χ2n) is 7.91. The van der Waals surface area contributed by atoms with Crippen molar-refractivity contribution in [3.8, 4) is 0 Å². The Morgan fingerprint density at radius 1 is 1.10 bits per heavy atom. The molecular formula is C23H29N3O4. The molecule has 4 rings (SSSR count). The molecular weight excluding hydrogens is 382 g/mol. The number of ether oxygens (including phenoxy) is 1. The van der Waals surface area contributed by atoms with E-state index in [9.17, 15) is 9.59 Å². The Labute approximate surface area is 176 Å². The lowest BCUT2D eigenvalue weighted by Gasteiger charge is -2.33. The van der Waals surface area contributed by atoms with Crippen LogP contribution in [-0.4, -0.2) is 49.1 Å². The minimum Gasteiger partial charge on any atom is -0.468 e. The number of benzene rings is 1. The summed E-state index contributed by atoms with van der Waals surface area (Å²) < 4.78 is 11.1. The molecule has 160 valence electrons. The summed E-state index contributed by atoms with van der Waals surface area (Å²) in [5.74, 6) is 0.541. The maximum atomic E-state index is 12.8. The summed E-state index contributed by atoms with van der Waals surface area (Å²) in [6, 6.07) is 10.9. The lowest BCUT2D eigenvalue weighted by Crippen LogP contribution is -2.40. The first kappa shape index (κ1) is 20.6. The van der Waals surface area contributed by atoms with Crippen molar-refractivity contribution in [3.63, 3.8) is 0 Å². The molecule has 0 spiro atoms. The van der Waals surface area contributed by atoms with Crippen molar-refractivity contribution in [1.29, 1.82) is 0 Å². The van der Waals surface area contributed by atoms with Gasteiger partial charge >= 0.3 is 0 Å². The summed E-state index contributed by atoms with van der Waals surface area (Å²) in [6.45, 7) is 3.10. The van der Waals surface area contributed by atoms with Crippen LogP contribution in [0.3, 0.4) is 0 Å². The molecule has 0 bridgehead atoms. The Balaban J connectivity index is 1.38. The Kier molecular flexibility index (Phi) is 6.81. The van der Waals surface area contributed by atoms with Crippen molar-refractivity contribution in [2.24, 2.45) is 0 Å². The average molecular weight is 412 g/mol. The number of amides is 2. The molecule has 7 heteroatoms. The van der Waals surface area contributed by atoms with Crippen molar-refractivity contribution in [2.75, 3.05) is 31.6 Å². The number of anilines is 1. The van der Waals surface area contributed by atoms with Crippen LogP contribution in [0.4, 0.5) is 5.69 Å². The molecule has 2 atom stereocenters. The number of carbonyl (C=O) groups excluding carboxylic acids is 2. The van der Waals surface area contributed by atoms with Gasteiger partial charge in [0.2, 0.25) is 0 Å². The molecule has 30 heavy (non-hydrogen) atoms. The van der Waals surface area contributed by atoms with Gasteiger partial charge in [0.25, 0.3) is 11.8 Å². The zero-order valence-corrected chi connectivity index (χ0v) is 17.1. The fourth-order valence-electron chi connectivity index (χ4n) is 4.16. The normalized spacial score (nSPS) is 20.6. The summed E-state index contributed by atoms with van der Waals surface area (Å²) in [5, 5.41) is 5.89. The molecule has 1 aromatic heterocycles. The van der Waals surface area contributed by atoms with Gasteiger partial charge in [-0.05, 0) is 69.1 Å². The Bertz CT molecular complexity index is 840. The number of nitrogens with one attached hydrogen (secondary N) is 2. The summed E-state index contributed by atoms with van der Waals surface area (Å²) in [5.41, 5.74) is 1.11. The first-order chi connectivity index (χ1) is 14.7. The van der Waals surface area contributed by atoms with Gasteiger partial charge in [0.15, 0.2) is 0 Å². The molecule has 0 saturated carbocycles. The fourth-order valence-corrected chi connectivity index (χ4v) is 4.16. The molecule has 0 aliphatic carbocycles. The Morgan fingerprint density at radius 3 is 2.70 bits per heavy atom. The van der Waals surface area contributed by atoms with Gasteiger partial charge in [-0.1, -0.05) is 12.5 Å². The molecule has 7 nitrogen and oxygen atoms in total. The second-order valence-corrected chi connectivity index (χ2v) is 7.91. The number of likely N-dealkylation sites (tertiary alicyclic amines) is 1. The van der Waals surface area contributed by atoms with Crippen molar-refractivity contribution in [2.45, 2.75) is 44.2 Å². The van der Waals surface area contributed by atoms with E-state index >= 15 is 0 Å². The Morgan fingerprint density at radius 2 is 1.97 bits per heavy atom. The summed E-state index contributed by atoms with van der Waals surface area (Å²) >= 11 is 0. The topological polar surface area (TPSA) is 83.8 Å². The molecule has 2 amide bonds. The first-order valence-corrected chi connectivity index (χ1v) is 10.8. The molecule has 2 fully saturated rings. The van der Waals surface area contributed by atoms with E-state index in [0.29, 0.717) is 24.4 Å². The van der Waals surface area contributed by atoms with Crippen LogP contribution in [-0.2, 0) is 9.53 Å². The monoisotopic (exact) mass is 411 g/mol. The van der Waals surface area contributed by atoms with Gasteiger partial charge in [0.1, 0.15) is 11.9 Å². The van der Waals surface area contributed by atoms with Crippen LogP contribution < -0.4 is 10.6 Å². The summed E-state index contributed by atoms with van der Waals surface area (Å²) in [7, 11) is 0. The van der Waals surface area contributed by atoms with Crippen molar-refractivity contribution in [1.82, 2.24) is 10.2 Å². The van der Waals surface area contributed by atoms with Crippen molar-refractivity contribution >= 4 is 17.5 Å². The second kappa shape index (κ2) is 9.91. The maximum absolute atomic E-state index is 12.8. The highest BCUT2D eigenvalue weighted by atomic mass is 16.5. The number of rotatable bonds is 7. The molecule has 0 radical (unpaired) electrons. The number of carbonyl (C=O) groups is 2. The number of hydrogen-bond acceptors (Lipinski definition) is 5. The SMILES string of the molecule is O=C(NCC(c1ccco1)N1CCCCC1)c1cccc(NC(=O)C2CCCO2)c1. The maximum Gasteiger partial charge on any atom is 0.253 e. The molecule has 3 heterocycles. The van der Waals surface area contributed by atoms with Gasteiger partial charge < -0.3 is 19.8 Å². The highest BCUT2D eigenvalue weighted by molar-refractivity contribution is 5.98. The fraction of sp³-hybridized carbons (Fsp3) is 0.478. The number of piperidine rings is 1. The first-order valence-electron chi connectivity index (χ1n) is 10.8. The van der Waals surface area contributed by atoms with E-state index in [0.717, 1.165) is 44.5 Å². The molecule has 2 aliphatic rings. The van der Waals surface area contributed by atoms with E-state index in [-0.39, 0.29) is 17.9 Å². The van der Waals surface area contributed by atoms with E-state index in [1.54, 1.807) is 30.5 Å². The summed E-state index contributed by atoms with van der Waals surface area (Å²) in [4.78, 5) is 27.4. The standard InChI is InChI=1S/C23H29N3O4/c27-22(17-7-4-8-18(15-17)25-23(28)21-10-6-14-30-21)24-16-19(20-9-5-13-29-20)26-11-2-1-3-12-26/h4-5,7-9,13,15,19,21H,1-3,6,10-12,14,16H2,(H,24,27)(H,25,28).